The third-order valence-electron chi connectivity index (χ3n) is 1.68. The largest absolute Gasteiger partial charge is 0.463 e. The Morgan fingerprint density at radius 1 is 1.06 bits per heavy atom. The summed E-state index contributed by atoms with van der Waals surface area (Å²) in [5.74, 6) is 5.43. The zero-order valence-corrected chi connectivity index (χ0v) is 9.97. The van der Waals surface area contributed by atoms with Crippen molar-refractivity contribution >= 4 is 5.95 Å². The maximum atomic E-state index is 5.28. The molecule has 0 amide bonds. The lowest BCUT2D eigenvalue weighted by atomic mass is 10.5. The van der Waals surface area contributed by atoms with Gasteiger partial charge in [-0.2, -0.15) is 9.97 Å². The first kappa shape index (κ1) is 13.4. The molecule has 0 saturated carbocycles. The van der Waals surface area contributed by atoms with Crippen molar-refractivity contribution in [2.75, 3.05) is 32.4 Å². The molecule has 3 N–H and O–H groups in total. The number of nitrogens with two attached hydrogens (primary N) is 1. The fraction of sp³-hybridized carbons (Fsp3) is 0.667. The number of rotatable bonds is 8. The lowest BCUT2D eigenvalue weighted by Gasteiger charge is -2.07. The molecular weight excluding hydrogens is 226 g/mol. The van der Waals surface area contributed by atoms with Gasteiger partial charge in [0.05, 0.1) is 13.2 Å². The topological polar surface area (TPSA) is 104 Å². The van der Waals surface area contributed by atoms with Gasteiger partial charge in [0.25, 0.3) is 0 Å². The van der Waals surface area contributed by atoms with Gasteiger partial charge in [-0.15, -0.1) is 4.98 Å². The summed E-state index contributed by atoms with van der Waals surface area (Å²) in [6, 6.07) is 0.332. The molecule has 0 spiro atoms. The molecule has 0 aliphatic rings. The molecule has 0 unspecified atom stereocenters. The minimum atomic E-state index is 0.149. The Bertz CT molecular complexity index is 336. The summed E-state index contributed by atoms with van der Waals surface area (Å²) in [6.45, 7) is 3.30. The van der Waals surface area contributed by atoms with Gasteiger partial charge in [-0.1, -0.05) is 6.92 Å². The van der Waals surface area contributed by atoms with E-state index in [4.69, 9.17) is 20.1 Å². The molecule has 0 atom stereocenters. The van der Waals surface area contributed by atoms with Crippen LogP contribution < -0.4 is 20.7 Å². The van der Waals surface area contributed by atoms with Crippen LogP contribution in [0.4, 0.5) is 5.95 Å². The number of hydrogen-bond donors (Lipinski definition) is 2. The molecule has 1 aromatic rings. The van der Waals surface area contributed by atoms with Crippen LogP contribution in [0.3, 0.4) is 0 Å². The molecule has 17 heavy (non-hydrogen) atoms. The summed E-state index contributed by atoms with van der Waals surface area (Å²) in [5.41, 5.74) is 2.32. The number of hydrogen-bond acceptors (Lipinski definition) is 8. The van der Waals surface area contributed by atoms with Crippen molar-refractivity contribution in [3.05, 3.63) is 0 Å². The van der Waals surface area contributed by atoms with E-state index in [1.54, 1.807) is 7.11 Å². The highest BCUT2D eigenvalue weighted by atomic mass is 16.5. The first-order valence-electron chi connectivity index (χ1n) is 5.27. The van der Waals surface area contributed by atoms with Gasteiger partial charge < -0.3 is 14.2 Å². The van der Waals surface area contributed by atoms with Crippen LogP contribution in [0.15, 0.2) is 0 Å². The van der Waals surface area contributed by atoms with Crippen LogP contribution in [0.2, 0.25) is 0 Å². The Kier molecular flexibility index (Phi) is 5.97. The van der Waals surface area contributed by atoms with Gasteiger partial charge in [-0.3, -0.25) is 5.43 Å². The summed E-state index contributed by atoms with van der Waals surface area (Å²) in [6.07, 6.45) is 0.858. The van der Waals surface area contributed by atoms with Crippen molar-refractivity contribution in [1.82, 2.24) is 15.0 Å². The van der Waals surface area contributed by atoms with Crippen molar-refractivity contribution in [3.63, 3.8) is 0 Å². The zero-order valence-electron chi connectivity index (χ0n) is 9.97. The van der Waals surface area contributed by atoms with E-state index in [9.17, 15) is 0 Å². The molecule has 0 saturated heterocycles. The molecular formula is C9H17N5O3. The first-order chi connectivity index (χ1) is 8.30. The SMILES string of the molecule is CCCOc1nc(NN)nc(OCCOC)n1. The van der Waals surface area contributed by atoms with Crippen LogP contribution in [0.5, 0.6) is 12.0 Å². The highest BCUT2D eigenvalue weighted by Crippen LogP contribution is 2.12. The summed E-state index contributed by atoms with van der Waals surface area (Å²) in [5, 5.41) is 0. The van der Waals surface area contributed by atoms with Gasteiger partial charge in [0, 0.05) is 7.11 Å². The Morgan fingerprint density at radius 3 is 2.24 bits per heavy atom. The van der Waals surface area contributed by atoms with Gasteiger partial charge >= 0.3 is 12.0 Å². The van der Waals surface area contributed by atoms with Crippen LogP contribution in [0.1, 0.15) is 13.3 Å². The predicted octanol–water partition coefficient (Wildman–Crippen LogP) is -0.0288. The number of methoxy groups -OCH3 is 1. The quantitative estimate of drug-likeness (QED) is 0.372. The molecule has 1 rings (SSSR count). The normalized spacial score (nSPS) is 10.1. The summed E-state index contributed by atoms with van der Waals surface area (Å²) in [7, 11) is 1.58. The summed E-state index contributed by atoms with van der Waals surface area (Å²) < 4.78 is 15.4. The molecule has 8 heteroatoms. The van der Waals surface area contributed by atoms with Gasteiger partial charge in [-0.25, -0.2) is 5.84 Å². The van der Waals surface area contributed by atoms with Gasteiger partial charge in [0.2, 0.25) is 5.95 Å². The molecule has 0 fully saturated rings. The first-order valence-corrected chi connectivity index (χ1v) is 5.27. The second-order valence-electron chi connectivity index (χ2n) is 3.06. The highest BCUT2D eigenvalue weighted by molar-refractivity contribution is 5.25. The van der Waals surface area contributed by atoms with Crippen LogP contribution in [0.25, 0.3) is 0 Å². The average Bonchev–Trinajstić information content (AvgIpc) is 2.36. The number of nitrogens with one attached hydrogen (secondary N) is 1. The number of nitrogens with zero attached hydrogens (tertiary/aromatic N) is 3. The lowest BCUT2D eigenvalue weighted by Crippen LogP contribution is -2.14. The second kappa shape index (κ2) is 7.58. The Morgan fingerprint density at radius 2 is 1.71 bits per heavy atom. The number of ether oxygens (including phenoxy) is 3. The van der Waals surface area contributed by atoms with Crippen LogP contribution in [-0.2, 0) is 4.74 Å². The average molecular weight is 243 g/mol. The number of anilines is 1. The Balaban J connectivity index is 2.67. The summed E-state index contributed by atoms with van der Waals surface area (Å²) in [4.78, 5) is 11.8. The Hall–Kier alpha value is -1.67. The van der Waals surface area contributed by atoms with E-state index in [1.807, 2.05) is 6.92 Å². The number of nitrogen functional groups attached to an aromatic ring is 1. The number of hydrazine groups is 1. The predicted molar refractivity (Wildman–Crippen MR) is 60.8 cm³/mol. The maximum Gasteiger partial charge on any atom is 0.324 e. The molecule has 96 valence electrons. The lowest BCUT2D eigenvalue weighted by molar-refractivity contribution is 0.139. The smallest absolute Gasteiger partial charge is 0.324 e. The zero-order chi connectivity index (χ0) is 12.5. The monoisotopic (exact) mass is 243 g/mol. The fourth-order valence-electron chi connectivity index (χ4n) is 0.941. The van der Waals surface area contributed by atoms with Crippen LogP contribution >= 0.6 is 0 Å². The molecule has 8 nitrogen and oxygen atoms in total. The van der Waals surface area contributed by atoms with E-state index < -0.39 is 0 Å². The highest BCUT2D eigenvalue weighted by Gasteiger charge is 2.07. The molecule has 0 bridgehead atoms. The van der Waals surface area contributed by atoms with Gasteiger partial charge in [-0.05, 0) is 6.42 Å². The van der Waals surface area contributed by atoms with E-state index in [0.29, 0.717) is 19.8 Å². The molecule has 0 aromatic carbocycles. The fourth-order valence-corrected chi connectivity index (χ4v) is 0.941. The van der Waals surface area contributed by atoms with Crippen molar-refractivity contribution in [2.45, 2.75) is 13.3 Å². The molecule has 0 aliphatic carbocycles. The molecule has 1 aromatic heterocycles. The van der Waals surface area contributed by atoms with Crippen molar-refractivity contribution in [1.29, 1.82) is 0 Å². The summed E-state index contributed by atoms with van der Waals surface area (Å²) >= 11 is 0. The van der Waals surface area contributed by atoms with Crippen LogP contribution in [0, 0.1) is 0 Å². The standard InChI is InChI=1S/C9H17N5O3/c1-3-4-16-8-11-7(14-10)12-9(13-8)17-6-5-15-2/h3-6,10H2,1-2H3,(H,11,12,13,14). The van der Waals surface area contributed by atoms with Crippen molar-refractivity contribution < 1.29 is 14.2 Å². The van der Waals surface area contributed by atoms with Gasteiger partial charge in [0.1, 0.15) is 6.61 Å². The van der Waals surface area contributed by atoms with E-state index in [1.165, 1.54) is 0 Å². The molecule has 0 radical (unpaired) electrons. The minimum absolute atomic E-state index is 0.149. The third-order valence-corrected chi connectivity index (χ3v) is 1.68. The van der Waals surface area contributed by atoms with Crippen molar-refractivity contribution in [2.24, 2.45) is 5.84 Å². The maximum absolute atomic E-state index is 5.28. The van der Waals surface area contributed by atoms with E-state index in [0.717, 1.165) is 6.42 Å². The van der Waals surface area contributed by atoms with E-state index in [-0.39, 0.29) is 18.0 Å². The van der Waals surface area contributed by atoms with Gasteiger partial charge in [0.15, 0.2) is 0 Å². The van der Waals surface area contributed by atoms with Crippen LogP contribution in [-0.4, -0.2) is 41.9 Å². The van der Waals surface area contributed by atoms with Crippen molar-refractivity contribution in [3.8, 4) is 12.0 Å². The van der Waals surface area contributed by atoms with E-state index in [2.05, 4.69) is 20.4 Å². The molecule has 1 heterocycles. The Labute approximate surface area is 99.5 Å². The third kappa shape index (κ3) is 4.79. The van der Waals surface area contributed by atoms with E-state index >= 15 is 0 Å². The molecule has 0 aliphatic heterocycles. The number of aromatic nitrogens is 3. The second-order valence-corrected chi connectivity index (χ2v) is 3.06. The minimum Gasteiger partial charge on any atom is -0.463 e.